The highest BCUT2D eigenvalue weighted by Crippen LogP contribution is 2.06. The maximum Gasteiger partial charge on any atom is 0.00763 e. The highest BCUT2D eigenvalue weighted by Gasteiger charge is 2.00. The Hall–Kier alpha value is -0.560. The van der Waals surface area contributed by atoms with Gasteiger partial charge in [0.1, 0.15) is 0 Å². The highest BCUT2D eigenvalue weighted by molar-refractivity contribution is 4.91. The molecule has 2 N–H and O–H groups in total. The second kappa shape index (κ2) is 12.1. The maximum atomic E-state index is 5.58. The second-order valence-corrected chi connectivity index (χ2v) is 2.04. The molecule has 0 spiro atoms. The lowest BCUT2D eigenvalue weighted by molar-refractivity contribution is 0.606. The fourth-order valence-electron chi connectivity index (χ4n) is 0.817. The molecule has 1 heteroatoms. The van der Waals surface area contributed by atoms with Gasteiger partial charge in [0.15, 0.2) is 0 Å². The first-order valence-electron chi connectivity index (χ1n) is 4.30. The van der Waals surface area contributed by atoms with E-state index in [-0.39, 0.29) is 0 Å². The van der Waals surface area contributed by atoms with Gasteiger partial charge in [-0.15, -0.1) is 13.2 Å². The fraction of sp³-hybridized carbons (Fsp3) is 0.600. The Kier molecular flexibility index (Phi) is 14.4. The van der Waals surface area contributed by atoms with E-state index in [0.29, 0.717) is 6.04 Å². The summed E-state index contributed by atoms with van der Waals surface area (Å²) in [6, 6.07) is 0.449. The first-order chi connectivity index (χ1) is 5.39. The Morgan fingerprint density at radius 3 is 2.00 bits per heavy atom. The van der Waals surface area contributed by atoms with Crippen LogP contribution in [0.3, 0.4) is 0 Å². The van der Waals surface area contributed by atoms with E-state index in [0.717, 1.165) is 6.42 Å². The highest BCUT2D eigenvalue weighted by atomic mass is 14.6. The molecule has 0 radical (unpaired) electrons. The van der Waals surface area contributed by atoms with Crippen LogP contribution in [0.15, 0.2) is 25.3 Å². The van der Waals surface area contributed by atoms with Crippen molar-refractivity contribution in [3.8, 4) is 0 Å². The first kappa shape index (κ1) is 13.1. The van der Waals surface area contributed by atoms with Gasteiger partial charge in [0.2, 0.25) is 0 Å². The zero-order chi connectivity index (χ0) is 9.11. The zero-order valence-electron chi connectivity index (χ0n) is 7.84. The van der Waals surface area contributed by atoms with Crippen LogP contribution in [0, 0.1) is 0 Å². The molecule has 0 fully saturated rings. The van der Waals surface area contributed by atoms with E-state index in [2.05, 4.69) is 25.3 Å². The normalized spacial score (nSPS) is 20.5. The molecule has 0 saturated heterocycles. The average molecular weight is 155 g/mol. The third kappa shape index (κ3) is 9.44. The molecule has 0 heterocycles. The predicted octanol–water partition coefficient (Wildman–Crippen LogP) is 2.88. The van der Waals surface area contributed by atoms with Gasteiger partial charge in [0.25, 0.3) is 0 Å². The molecule has 1 rings (SSSR count). The maximum absolute atomic E-state index is 5.58. The molecule has 0 saturated carbocycles. The van der Waals surface area contributed by atoms with Gasteiger partial charge in [-0.2, -0.15) is 0 Å². The van der Waals surface area contributed by atoms with Gasteiger partial charge < -0.3 is 5.73 Å². The monoisotopic (exact) mass is 155 g/mol. The second-order valence-electron chi connectivity index (χ2n) is 2.04. The van der Waals surface area contributed by atoms with Crippen molar-refractivity contribution in [1.82, 2.24) is 0 Å². The van der Waals surface area contributed by atoms with Crippen molar-refractivity contribution in [2.75, 3.05) is 0 Å². The summed E-state index contributed by atoms with van der Waals surface area (Å²) in [7, 11) is 0. The topological polar surface area (TPSA) is 26.0 Å². The first-order valence-corrected chi connectivity index (χ1v) is 4.30. The Bertz CT molecular complexity index is 86.9. The molecular formula is C10H21N. The Morgan fingerprint density at radius 2 is 1.82 bits per heavy atom. The lowest BCUT2D eigenvalue weighted by atomic mass is 10.0. The minimum atomic E-state index is 0.449. The van der Waals surface area contributed by atoms with Gasteiger partial charge >= 0.3 is 0 Å². The van der Waals surface area contributed by atoms with Crippen molar-refractivity contribution in [1.29, 1.82) is 0 Å². The zero-order valence-corrected chi connectivity index (χ0v) is 7.84. The SMILES string of the molecule is C=C.CC.NC1CC=CCC1. The molecule has 66 valence electrons. The molecule has 0 amide bonds. The smallest absolute Gasteiger partial charge is 0.00763 e. The number of hydrogen-bond donors (Lipinski definition) is 1. The van der Waals surface area contributed by atoms with Crippen LogP contribution in [0.5, 0.6) is 0 Å². The van der Waals surface area contributed by atoms with E-state index in [9.17, 15) is 0 Å². The number of allylic oxidation sites excluding steroid dienone is 1. The summed E-state index contributed by atoms with van der Waals surface area (Å²) in [5.41, 5.74) is 5.58. The lowest BCUT2D eigenvalue weighted by Crippen LogP contribution is -2.19. The standard InChI is InChI=1S/C6H11N.C2H6.C2H4/c7-6-4-2-1-3-5-6;2*1-2/h1-2,6H,3-5,7H2;1-2H3;1-2H2. The summed E-state index contributed by atoms with van der Waals surface area (Å²) in [5, 5.41) is 0. The summed E-state index contributed by atoms with van der Waals surface area (Å²) in [6.07, 6.45) is 7.80. The van der Waals surface area contributed by atoms with E-state index >= 15 is 0 Å². The number of hydrogen-bond acceptors (Lipinski definition) is 1. The molecule has 0 aromatic rings. The molecule has 0 aliphatic heterocycles. The third-order valence-corrected chi connectivity index (χ3v) is 1.31. The fourth-order valence-corrected chi connectivity index (χ4v) is 0.817. The summed E-state index contributed by atoms with van der Waals surface area (Å²) >= 11 is 0. The summed E-state index contributed by atoms with van der Waals surface area (Å²) in [4.78, 5) is 0. The Balaban J connectivity index is 0. The summed E-state index contributed by atoms with van der Waals surface area (Å²) in [5.74, 6) is 0. The van der Waals surface area contributed by atoms with E-state index in [1.807, 2.05) is 13.8 Å². The van der Waals surface area contributed by atoms with E-state index < -0.39 is 0 Å². The Labute approximate surface area is 71.0 Å². The third-order valence-electron chi connectivity index (χ3n) is 1.31. The van der Waals surface area contributed by atoms with Gasteiger partial charge in [-0.05, 0) is 19.3 Å². The van der Waals surface area contributed by atoms with Crippen LogP contribution >= 0.6 is 0 Å². The number of rotatable bonds is 0. The average Bonchev–Trinajstić information content (AvgIpc) is 2.13. The van der Waals surface area contributed by atoms with Crippen LogP contribution in [0.2, 0.25) is 0 Å². The minimum absolute atomic E-state index is 0.449. The van der Waals surface area contributed by atoms with Crippen LogP contribution in [0.1, 0.15) is 33.1 Å². The summed E-state index contributed by atoms with van der Waals surface area (Å²) < 4.78 is 0. The molecule has 1 nitrogen and oxygen atoms in total. The quantitative estimate of drug-likeness (QED) is 0.535. The van der Waals surface area contributed by atoms with Gasteiger partial charge in [-0.25, -0.2) is 0 Å². The van der Waals surface area contributed by atoms with Crippen LogP contribution in [0.4, 0.5) is 0 Å². The van der Waals surface area contributed by atoms with Crippen LogP contribution < -0.4 is 5.73 Å². The molecule has 11 heavy (non-hydrogen) atoms. The molecular weight excluding hydrogens is 134 g/mol. The van der Waals surface area contributed by atoms with E-state index in [4.69, 9.17) is 5.73 Å². The minimum Gasteiger partial charge on any atom is -0.327 e. The molecule has 0 aromatic heterocycles. The van der Waals surface area contributed by atoms with Crippen molar-refractivity contribution in [2.45, 2.75) is 39.2 Å². The lowest BCUT2D eigenvalue weighted by Gasteiger charge is -2.09. The van der Waals surface area contributed by atoms with Gasteiger partial charge in [-0.3, -0.25) is 0 Å². The van der Waals surface area contributed by atoms with Crippen molar-refractivity contribution >= 4 is 0 Å². The number of nitrogens with two attached hydrogens (primary N) is 1. The van der Waals surface area contributed by atoms with Crippen LogP contribution in [0.25, 0.3) is 0 Å². The molecule has 1 aliphatic carbocycles. The van der Waals surface area contributed by atoms with Crippen molar-refractivity contribution in [3.05, 3.63) is 25.3 Å². The van der Waals surface area contributed by atoms with Crippen molar-refractivity contribution < 1.29 is 0 Å². The molecule has 1 aliphatic rings. The van der Waals surface area contributed by atoms with Gasteiger partial charge in [-0.1, -0.05) is 26.0 Å². The van der Waals surface area contributed by atoms with E-state index in [1.54, 1.807) is 0 Å². The van der Waals surface area contributed by atoms with Crippen LogP contribution in [-0.4, -0.2) is 6.04 Å². The Morgan fingerprint density at radius 1 is 1.27 bits per heavy atom. The largest absolute Gasteiger partial charge is 0.327 e. The summed E-state index contributed by atoms with van der Waals surface area (Å²) in [6.45, 7) is 10.0. The molecule has 1 atom stereocenters. The predicted molar refractivity (Wildman–Crippen MR) is 53.6 cm³/mol. The van der Waals surface area contributed by atoms with Crippen molar-refractivity contribution in [3.63, 3.8) is 0 Å². The molecule has 0 aromatic carbocycles. The van der Waals surface area contributed by atoms with Crippen LogP contribution in [-0.2, 0) is 0 Å². The van der Waals surface area contributed by atoms with E-state index in [1.165, 1.54) is 12.8 Å². The molecule has 1 unspecified atom stereocenters. The molecule has 0 bridgehead atoms. The van der Waals surface area contributed by atoms with Gasteiger partial charge in [0.05, 0.1) is 0 Å². The van der Waals surface area contributed by atoms with Gasteiger partial charge in [0, 0.05) is 6.04 Å². The van der Waals surface area contributed by atoms with Crippen molar-refractivity contribution in [2.24, 2.45) is 5.73 Å².